The maximum absolute atomic E-state index is 11.5. The van der Waals surface area contributed by atoms with Gasteiger partial charge in [-0.25, -0.2) is 26.3 Å². The number of hydrazone groups is 1. The molecule has 0 saturated heterocycles. The number of nitrogens with zero attached hydrogens (tertiary/aromatic N) is 2. The van der Waals surface area contributed by atoms with E-state index < -0.39 is 34.0 Å². The molecule has 0 aliphatic heterocycles. The summed E-state index contributed by atoms with van der Waals surface area (Å²) in [5.74, 6) is -0.144. The van der Waals surface area contributed by atoms with Crippen molar-refractivity contribution in [1.29, 1.82) is 0 Å². The number of anilines is 2. The minimum absolute atomic E-state index is 0.0297. The van der Waals surface area contributed by atoms with Gasteiger partial charge >= 0.3 is 0 Å². The number of sulfonamides is 2. The van der Waals surface area contributed by atoms with Crippen LogP contribution in [0.15, 0.2) is 53.6 Å². The molecule has 0 fully saturated rings. The molecule has 0 aromatic heterocycles. The molecule has 0 atom stereocenters. The van der Waals surface area contributed by atoms with E-state index in [0.29, 0.717) is 34.6 Å². The first-order chi connectivity index (χ1) is 19.4. The predicted molar refractivity (Wildman–Crippen MR) is 149 cm³/mol. The van der Waals surface area contributed by atoms with Crippen LogP contribution in [-0.4, -0.2) is 62.5 Å². The smallest absolute Gasteiger partial charge is 0.215 e. The normalized spacial score (nSPS) is 15.0. The molecule has 0 radical (unpaired) electrons. The number of hydrogen-bond acceptors (Lipinski definition) is 9. The topological polar surface area (TPSA) is 144 Å². The van der Waals surface area contributed by atoms with E-state index in [1.165, 1.54) is 20.3 Å². The van der Waals surface area contributed by atoms with Gasteiger partial charge in [0.25, 0.3) is 0 Å². The first-order valence-corrected chi connectivity index (χ1v) is 14.3. The fourth-order valence-corrected chi connectivity index (χ4v) is 4.18. The van der Waals surface area contributed by atoms with Crippen molar-refractivity contribution in [2.24, 2.45) is 5.10 Å². The summed E-state index contributed by atoms with van der Waals surface area (Å²) < 4.78 is 93.5. The monoisotopic (exact) mass is 567 g/mol. The molecule has 2 aromatic rings. The van der Waals surface area contributed by atoms with E-state index >= 15 is 0 Å². The third-order valence-electron chi connectivity index (χ3n) is 4.43. The quantitative estimate of drug-likeness (QED) is 0.101. The standard InChI is InChI=1S/C14H24N4O2S.C8H12ClN3O2S/c1-15-21(19,20)12-13-6-8-14(9-7-13)17-16-10-4-5-11-18(2)3;1-10-15(13,14)6-7-2-4-8(5-3-7)11-12-9/h6-10,15,17H,4-5,11-12H2,1-3H3;2-5,10-12H,6H2,1H3/b16-10+;/i2D3,3D3;. The lowest BCUT2D eigenvalue weighted by molar-refractivity contribution is 0.404. The number of benzene rings is 2. The van der Waals surface area contributed by atoms with E-state index in [9.17, 15) is 16.8 Å². The molecule has 0 bridgehead atoms. The Morgan fingerprint density at radius 3 is 1.83 bits per heavy atom. The van der Waals surface area contributed by atoms with Crippen molar-refractivity contribution in [3.8, 4) is 0 Å². The maximum Gasteiger partial charge on any atom is 0.215 e. The van der Waals surface area contributed by atoms with Crippen LogP contribution in [0.4, 0.5) is 11.4 Å². The lowest BCUT2D eigenvalue weighted by Crippen LogP contribution is -2.20. The van der Waals surface area contributed by atoms with E-state index in [1.54, 1.807) is 48.5 Å². The van der Waals surface area contributed by atoms with Crippen molar-refractivity contribution < 1.29 is 25.1 Å². The molecular weight excluding hydrogens is 526 g/mol. The van der Waals surface area contributed by atoms with Crippen molar-refractivity contribution >= 4 is 49.4 Å². The summed E-state index contributed by atoms with van der Waals surface area (Å²) in [7, 11) is -3.79. The van der Waals surface area contributed by atoms with Crippen LogP contribution in [0.5, 0.6) is 0 Å². The summed E-state index contributed by atoms with van der Waals surface area (Å²) in [6, 6.07) is 13.6. The summed E-state index contributed by atoms with van der Waals surface area (Å²) in [5, 5.41) is 3.98. The van der Waals surface area contributed by atoms with E-state index in [-0.39, 0.29) is 18.1 Å². The SMILES string of the molecule is CNS(=O)(=O)Cc1ccc(NNCl)cc1.[2H]C([2H])([2H])N(CCC/C=N/Nc1ccc(CS(=O)(=O)NC)cc1)C([2H])([2H])[2H]. The predicted octanol–water partition coefficient (Wildman–Crippen LogP) is 2.28. The molecule has 0 amide bonds. The van der Waals surface area contributed by atoms with Crippen molar-refractivity contribution in [2.75, 3.05) is 45.4 Å². The first kappa shape index (κ1) is 22.9. The van der Waals surface area contributed by atoms with Crippen LogP contribution in [0.1, 0.15) is 32.2 Å². The van der Waals surface area contributed by atoms with Gasteiger partial charge in [0.15, 0.2) is 0 Å². The number of hydrogen-bond donors (Lipinski definition) is 5. The van der Waals surface area contributed by atoms with Gasteiger partial charge in [-0.15, -0.1) is 4.94 Å². The highest BCUT2D eigenvalue weighted by Crippen LogP contribution is 2.12. The van der Waals surface area contributed by atoms with Crippen molar-refractivity contribution in [3.63, 3.8) is 0 Å². The molecule has 0 unspecified atom stereocenters. The maximum atomic E-state index is 11.5. The van der Waals surface area contributed by atoms with E-state index in [4.69, 9.17) is 20.0 Å². The second-order valence-corrected chi connectivity index (χ2v) is 11.3. The molecule has 0 aliphatic rings. The molecule has 14 heteroatoms. The lowest BCUT2D eigenvalue weighted by atomic mass is 10.2. The Labute approximate surface area is 228 Å². The Balaban J connectivity index is 0.000000495. The average Bonchev–Trinajstić information content (AvgIpc) is 2.89. The minimum Gasteiger partial charge on any atom is -0.309 e. The van der Waals surface area contributed by atoms with Crippen LogP contribution in [0.2, 0.25) is 0 Å². The summed E-state index contributed by atoms with van der Waals surface area (Å²) in [4.78, 5) is 2.77. The highest BCUT2D eigenvalue weighted by Gasteiger charge is 2.08. The van der Waals surface area contributed by atoms with E-state index in [2.05, 4.69) is 30.3 Å². The number of hydrazine groups is 1. The van der Waals surface area contributed by atoms with E-state index in [1.807, 2.05) is 0 Å². The summed E-state index contributed by atoms with van der Waals surface area (Å²) >= 11 is 5.24. The minimum atomic E-state index is -3.32. The van der Waals surface area contributed by atoms with E-state index in [0.717, 1.165) is 5.69 Å². The highest BCUT2D eigenvalue weighted by atomic mass is 35.5. The molecule has 0 spiro atoms. The number of halogens is 1. The number of nitrogens with one attached hydrogen (secondary N) is 5. The van der Waals surface area contributed by atoms with Gasteiger partial charge in [-0.1, -0.05) is 24.3 Å². The number of unbranched alkanes of at least 4 members (excludes halogenated alkanes) is 1. The Morgan fingerprint density at radius 2 is 1.39 bits per heavy atom. The van der Waals surface area contributed by atoms with Gasteiger partial charge in [-0.3, -0.25) is 5.43 Å². The molecule has 0 saturated carbocycles. The zero-order valence-corrected chi connectivity index (χ0v) is 22.3. The van der Waals surface area contributed by atoms with Crippen LogP contribution in [0, 0.1) is 0 Å². The van der Waals surface area contributed by atoms with Crippen LogP contribution >= 0.6 is 11.8 Å². The van der Waals surface area contributed by atoms with Crippen molar-refractivity contribution in [2.45, 2.75) is 24.3 Å². The van der Waals surface area contributed by atoms with Gasteiger partial charge in [0.05, 0.1) is 17.2 Å². The molecule has 2 rings (SSSR count). The van der Waals surface area contributed by atoms with Gasteiger partial charge in [0.2, 0.25) is 20.0 Å². The second-order valence-electron chi connectivity index (χ2n) is 7.26. The molecule has 36 heavy (non-hydrogen) atoms. The number of rotatable bonds is 14. The van der Waals surface area contributed by atoms with Gasteiger partial charge in [0, 0.05) is 20.1 Å². The summed E-state index contributed by atoms with van der Waals surface area (Å²) in [5.41, 5.74) is 8.19. The first-order valence-electron chi connectivity index (χ1n) is 13.6. The Hall–Kier alpha value is -2.26. The average molecular weight is 568 g/mol. The molecule has 202 valence electrons. The Morgan fingerprint density at radius 1 is 0.889 bits per heavy atom. The fourth-order valence-electron chi connectivity index (χ4n) is 2.52. The third kappa shape index (κ3) is 14.3. The zero-order chi connectivity index (χ0) is 32.0. The molecule has 0 aliphatic carbocycles. The van der Waals surface area contributed by atoms with Crippen LogP contribution in [0.25, 0.3) is 0 Å². The van der Waals surface area contributed by atoms with Crippen LogP contribution in [0.3, 0.4) is 0 Å². The van der Waals surface area contributed by atoms with Gasteiger partial charge in [-0.05, 0) is 94.6 Å². The summed E-state index contributed by atoms with van der Waals surface area (Å²) in [6.07, 6.45) is 2.24. The molecule has 11 nitrogen and oxygen atoms in total. The van der Waals surface area contributed by atoms with Gasteiger partial charge < -0.3 is 10.3 Å². The lowest BCUT2D eigenvalue weighted by Gasteiger charge is -2.06. The molecule has 5 N–H and O–H groups in total. The van der Waals surface area contributed by atoms with Crippen LogP contribution in [-0.2, 0) is 31.6 Å². The molecular formula is C22H36ClN7O4S2. The zero-order valence-electron chi connectivity index (χ0n) is 26.0. The highest BCUT2D eigenvalue weighted by molar-refractivity contribution is 7.88. The van der Waals surface area contributed by atoms with Crippen molar-refractivity contribution in [1.82, 2.24) is 19.3 Å². The van der Waals surface area contributed by atoms with Crippen molar-refractivity contribution in [3.05, 3.63) is 59.7 Å². The molecule has 2 aromatic carbocycles. The van der Waals surface area contributed by atoms with Crippen LogP contribution < -0.4 is 25.2 Å². The van der Waals surface area contributed by atoms with Gasteiger partial charge in [0.1, 0.15) is 0 Å². The fraction of sp³-hybridized carbons (Fsp3) is 0.409. The third-order valence-corrected chi connectivity index (χ3v) is 7.20. The Kier molecular flexibility index (Phi) is 10.5. The summed E-state index contributed by atoms with van der Waals surface area (Å²) in [6.45, 7) is -5.46. The second kappa shape index (κ2) is 16.5. The molecule has 0 heterocycles. The van der Waals surface area contributed by atoms with Gasteiger partial charge in [-0.2, -0.15) is 5.10 Å². The Bertz CT molecular complexity index is 1310. The largest absolute Gasteiger partial charge is 0.309 e.